The van der Waals surface area contributed by atoms with Crippen LogP contribution in [0, 0.1) is 0 Å². The Morgan fingerprint density at radius 3 is 1.06 bits per heavy atom. The Morgan fingerprint density at radius 2 is 0.723 bits per heavy atom. The molecule has 83 heavy (non-hydrogen) atoms. The largest absolute Gasteiger partial charge is 0.472 e. The molecule has 1 amide bonds. The van der Waals surface area contributed by atoms with Gasteiger partial charge in [0.15, 0.2) is 0 Å². The molecule has 3 N–H and O–H groups in total. The van der Waals surface area contributed by atoms with Crippen molar-refractivity contribution in [1.29, 1.82) is 0 Å². The number of hydrogen-bond acceptors (Lipinski definition) is 5. The van der Waals surface area contributed by atoms with E-state index < -0.39 is 20.0 Å². The van der Waals surface area contributed by atoms with E-state index in [1.165, 1.54) is 148 Å². The number of rotatable bonds is 62. The van der Waals surface area contributed by atoms with Gasteiger partial charge in [-0.15, -0.1) is 0 Å². The second-order valence-corrected chi connectivity index (χ2v) is 25.6. The lowest BCUT2D eigenvalue weighted by Crippen LogP contribution is -2.46. The van der Waals surface area contributed by atoms with E-state index in [4.69, 9.17) is 9.05 Å². The van der Waals surface area contributed by atoms with Gasteiger partial charge in [0.1, 0.15) is 13.2 Å². The SMILES string of the molecule is CC/C=C\C/C=C\C/C=C\C/C=C\C/C=C\C/C=C\C/C=C\C/C=C\C/C=C\C/C=C\CCCCCCCCC(=O)NC(COP(=O)(O)OCC[N+](C)(C)C)C(O)CCCCCCCCCCCCCCCCCCCCCCCCCC. The van der Waals surface area contributed by atoms with Crippen molar-refractivity contribution in [3.05, 3.63) is 122 Å². The quantitative estimate of drug-likeness (QED) is 0.0243. The number of aliphatic hydroxyl groups is 1. The van der Waals surface area contributed by atoms with E-state index in [-0.39, 0.29) is 19.1 Å². The van der Waals surface area contributed by atoms with Crippen LogP contribution < -0.4 is 5.32 Å². The van der Waals surface area contributed by atoms with Gasteiger partial charge < -0.3 is 19.8 Å². The van der Waals surface area contributed by atoms with Gasteiger partial charge in [-0.2, -0.15) is 0 Å². The molecule has 0 aromatic rings. The van der Waals surface area contributed by atoms with E-state index in [1.807, 2.05) is 21.1 Å². The number of carbonyl (C=O) groups excluding carboxylic acids is 1. The summed E-state index contributed by atoms with van der Waals surface area (Å²) in [6, 6.07) is -0.779. The minimum Gasteiger partial charge on any atom is -0.391 e. The van der Waals surface area contributed by atoms with Crippen molar-refractivity contribution in [1.82, 2.24) is 5.32 Å². The highest BCUT2D eigenvalue weighted by Crippen LogP contribution is 2.43. The van der Waals surface area contributed by atoms with Gasteiger partial charge in [-0.1, -0.05) is 315 Å². The van der Waals surface area contributed by atoms with E-state index in [0.29, 0.717) is 23.9 Å². The molecule has 0 spiro atoms. The zero-order valence-electron chi connectivity index (χ0n) is 54.7. The first-order chi connectivity index (χ1) is 40.5. The summed E-state index contributed by atoms with van der Waals surface area (Å²) in [4.78, 5) is 23.4. The molecule has 0 aromatic carbocycles. The van der Waals surface area contributed by atoms with Gasteiger partial charge in [-0.05, 0) is 89.9 Å². The molecule has 0 aliphatic carbocycles. The molecule has 0 saturated carbocycles. The van der Waals surface area contributed by atoms with Crippen LogP contribution >= 0.6 is 7.82 Å². The summed E-state index contributed by atoms with van der Waals surface area (Å²) in [6.07, 6.45) is 94.3. The topological polar surface area (TPSA) is 105 Å². The van der Waals surface area contributed by atoms with Gasteiger partial charge >= 0.3 is 7.82 Å². The maximum absolute atomic E-state index is 13.1. The molecule has 0 radical (unpaired) electrons. The highest BCUT2D eigenvalue weighted by Gasteiger charge is 2.28. The number of likely N-dealkylation sites (N-methyl/N-ethyl adjacent to an activating group) is 1. The molecule has 478 valence electrons. The normalized spacial score (nSPS) is 14.4. The van der Waals surface area contributed by atoms with E-state index >= 15 is 0 Å². The van der Waals surface area contributed by atoms with Crippen molar-refractivity contribution in [2.75, 3.05) is 40.9 Å². The molecule has 0 fully saturated rings. The van der Waals surface area contributed by atoms with Crippen LogP contribution in [0.15, 0.2) is 122 Å². The third-order valence-electron chi connectivity index (χ3n) is 15.0. The summed E-state index contributed by atoms with van der Waals surface area (Å²) >= 11 is 0. The number of phosphoric acid groups is 1. The fourth-order valence-corrected chi connectivity index (χ4v) is 10.4. The van der Waals surface area contributed by atoms with E-state index in [2.05, 4.69) is 141 Å². The summed E-state index contributed by atoms with van der Waals surface area (Å²) < 4.78 is 23.9. The maximum atomic E-state index is 13.1. The second-order valence-electron chi connectivity index (χ2n) is 24.2. The first-order valence-electron chi connectivity index (χ1n) is 34.4. The Labute approximate surface area is 514 Å². The first-order valence-corrected chi connectivity index (χ1v) is 35.9. The van der Waals surface area contributed by atoms with Gasteiger partial charge in [0.05, 0.1) is 39.9 Å². The minimum absolute atomic E-state index is 0.0660. The average molecular weight is 1180 g/mol. The second kappa shape index (κ2) is 63.4. The summed E-state index contributed by atoms with van der Waals surface area (Å²) in [5.41, 5.74) is 0. The summed E-state index contributed by atoms with van der Waals surface area (Å²) in [5, 5.41) is 14.1. The fraction of sp³-hybridized carbons (Fsp3) is 0.716. The summed E-state index contributed by atoms with van der Waals surface area (Å²) in [5.74, 6) is -0.160. The van der Waals surface area contributed by atoms with Crippen LogP contribution in [-0.4, -0.2) is 73.4 Å². The van der Waals surface area contributed by atoms with Crippen LogP contribution in [0.1, 0.15) is 290 Å². The molecule has 0 aliphatic heterocycles. The van der Waals surface area contributed by atoms with Crippen molar-refractivity contribution in [2.24, 2.45) is 0 Å². The molecular weight excluding hydrogens is 1040 g/mol. The van der Waals surface area contributed by atoms with Gasteiger partial charge in [0, 0.05) is 6.42 Å². The van der Waals surface area contributed by atoms with Crippen LogP contribution in [0.5, 0.6) is 0 Å². The predicted molar refractivity (Wildman–Crippen MR) is 364 cm³/mol. The lowest BCUT2D eigenvalue weighted by atomic mass is 10.0. The van der Waals surface area contributed by atoms with Crippen molar-refractivity contribution in [2.45, 2.75) is 302 Å². The van der Waals surface area contributed by atoms with Gasteiger partial charge in [0.2, 0.25) is 5.91 Å². The monoisotopic (exact) mass is 1180 g/mol. The average Bonchev–Trinajstić information content (AvgIpc) is 3.50. The Bertz CT molecular complexity index is 1770. The number of amides is 1. The number of hydrogen-bond donors (Lipinski definition) is 3. The van der Waals surface area contributed by atoms with Crippen molar-refractivity contribution < 1.29 is 32.9 Å². The number of carbonyl (C=O) groups is 1. The van der Waals surface area contributed by atoms with E-state index in [0.717, 1.165) is 116 Å². The fourth-order valence-electron chi connectivity index (χ4n) is 9.67. The lowest BCUT2D eigenvalue weighted by Gasteiger charge is -2.26. The number of nitrogens with one attached hydrogen (secondary N) is 1. The van der Waals surface area contributed by atoms with Crippen molar-refractivity contribution in [3.8, 4) is 0 Å². The number of aliphatic hydroxyl groups excluding tert-OH is 1. The minimum atomic E-state index is -4.34. The van der Waals surface area contributed by atoms with Gasteiger partial charge in [-0.25, -0.2) is 4.57 Å². The maximum Gasteiger partial charge on any atom is 0.472 e. The molecule has 8 nitrogen and oxygen atoms in total. The Balaban J connectivity index is 4.15. The standard InChI is InChI=1S/C74H131N2O6P/c1-6-8-10-12-14-16-18-20-22-24-26-28-30-32-33-34-35-36-37-38-39-40-41-42-43-44-46-48-50-52-54-56-58-60-62-64-66-68-74(78)75-72(71-82-83(79,80)81-70-69-76(3,4)5)73(77)67-65-63-61-59-57-55-53-51-49-47-45-31-29-27-25-23-21-19-17-15-13-11-9-7-2/h8,10,14,16,20,22,26,28,32-33,35-36,38-39,41-42,44,46,50,52,72-73,77H,6-7,9,11-13,15,17-19,21,23-25,27,29-31,34,37,40,43,45,47-49,51,53-71H2,1-5H3,(H-,75,78,79,80)/p+1/b10-8-,16-14-,22-20-,28-26-,33-32-,36-35-,39-38-,42-41-,46-44-,52-50-. The number of unbranched alkanes of at least 4 members (excludes halogenated alkanes) is 29. The zero-order valence-corrected chi connectivity index (χ0v) is 55.5. The van der Waals surface area contributed by atoms with E-state index in [9.17, 15) is 19.4 Å². The molecule has 0 aromatic heterocycles. The molecule has 0 rings (SSSR count). The number of phosphoric ester groups is 1. The van der Waals surface area contributed by atoms with Gasteiger partial charge in [-0.3, -0.25) is 13.8 Å². The number of quaternary nitrogens is 1. The zero-order chi connectivity index (χ0) is 60.5. The summed E-state index contributed by atoms with van der Waals surface area (Å²) in [6.45, 7) is 4.78. The predicted octanol–water partition coefficient (Wildman–Crippen LogP) is 22.0. The van der Waals surface area contributed by atoms with Crippen molar-refractivity contribution in [3.63, 3.8) is 0 Å². The molecule has 3 unspecified atom stereocenters. The Morgan fingerprint density at radius 1 is 0.422 bits per heavy atom. The Hall–Kier alpha value is -3.10. The summed E-state index contributed by atoms with van der Waals surface area (Å²) in [7, 11) is 1.60. The smallest absolute Gasteiger partial charge is 0.391 e. The number of allylic oxidation sites excluding steroid dienone is 20. The van der Waals surface area contributed by atoms with Crippen LogP contribution in [-0.2, 0) is 18.4 Å². The third-order valence-corrected chi connectivity index (χ3v) is 16.0. The van der Waals surface area contributed by atoms with Crippen LogP contribution in [0.3, 0.4) is 0 Å². The van der Waals surface area contributed by atoms with Crippen LogP contribution in [0.25, 0.3) is 0 Å². The highest BCUT2D eigenvalue weighted by atomic mass is 31.2. The van der Waals surface area contributed by atoms with E-state index in [1.54, 1.807) is 0 Å². The van der Waals surface area contributed by atoms with Crippen molar-refractivity contribution >= 4 is 13.7 Å². The number of nitrogens with zero attached hydrogens (tertiary/aromatic N) is 1. The molecule has 0 heterocycles. The molecular formula is C74H132N2O6P+. The molecule has 0 saturated heterocycles. The highest BCUT2D eigenvalue weighted by molar-refractivity contribution is 7.47. The first kappa shape index (κ1) is 79.9. The lowest BCUT2D eigenvalue weighted by molar-refractivity contribution is -0.870. The van der Waals surface area contributed by atoms with Gasteiger partial charge in [0.25, 0.3) is 0 Å². The molecule has 3 atom stereocenters. The van der Waals surface area contributed by atoms with Crippen LogP contribution in [0.2, 0.25) is 0 Å². The molecule has 0 aliphatic rings. The third kappa shape index (κ3) is 66.3. The Kier molecular flexibility index (Phi) is 61.0. The van der Waals surface area contributed by atoms with Crippen LogP contribution in [0.4, 0.5) is 0 Å². The molecule has 9 heteroatoms. The molecule has 0 bridgehead atoms.